The fourth-order valence-corrected chi connectivity index (χ4v) is 2.87. The monoisotopic (exact) mass is 407 g/mol. The van der Waals surface area contributed by atoms with Crippen LogP contribution in [0.25, 0.3) is 0 Å². The first-order valence-corrected chi connectivity index (χ1v) is 10.8. The van der Waals surface area contributed by atoms with Gasteiger partial charge < -0.3 is 19.5 Å². The number of unbranched alkanes of at least 4 members (excludes halogenated alkanes) is 2. The van der Waals surface area contributed by atoms with Crippen molar-refractivity contribution in [3.8, 4) is 5.75 Å². The fraction of sp³-hybridized carbons (Fsp3) is 0.652. The average molecular weight is 408 g/mol. The summed E-state index contributed by atoms with van der Waals surface area (Å²) in [6.07, 6.45) is 5.36. The average Bonchev–Trinajstić information content (AvgIpc) is 2.71. The van der Waals surface area contributed by atoms with E-state index in [0.29, 0.717) is 36.6 Å². The third kappa shape index (κ3) is 8.05. The summed E-state index contributed by atoms with van der Waals surface area (Å²) in [5, 5.41) is 2.91. The van der Waals surface area contributed by atoms with Gasteiger partial charge in [0.1, 0.15) is 16.9 Å². The van der Waals surface area contributed by atoms with E-state index in [9.17, 15) is 9.59 Å². The second-order valence-corrected chi connectivity index (χ2v) is 7.27. The molecular weight excluding hydrogens is 370 g/mol. The van der Waals surface area contributed by atoms with E-state index < -0.39 is 11.6 Å². The van der Waals surface area contributed by atoms with E-state index in [-0.39, 0.29) is 12.5 Å². The molecular formula is C23H37NO5. The van der Waals surface area contributed by atoms with Crippen molar-refractivity contribution in [1.82, 2.24) is 0 Å². The number of carbonyl (C=O) groups excluding carboxylic acids is 2. The molecule has 0 heterocycles. The number of hydrogen-bond acceptors (Lipinski definition) is 5. The van der Waals surface area contributed by atoms with Gasteiger partial charge in [-0.2, -0.15) is 0 Å². The van der Waals surface area contributed by atoms with E-state index in [1.54, 1.807) is 25.1 Å². The molecule has 0 spiro atoms. The third-order valence-corrected chi connectivity index (χ3v) is 4.56. The number of esters is 1. The highest BCUT2D eigenvalue weighted by Crippen LogP contribution is 2.27. The summed E-state index contributed by atoms with van der Waals surface area (Å²) in [6, 6.07) is 5.03. The molecule has 164 valence electrons. The van der Waals surface area contributed by atoms with Crippen LogP contribution in [0, 0.1) is 0 Å². The molecule has 1 atom stereocenters. The lowest BCUT2D eigenvalue weighted by Gasteiger charge is -2.29. The lowest BCUT2D eigenvalue weighted by molar-refractivity contribution is -0.140. The van der Waals surface area contributed by atoms with Crippen molar-refractivity contribution in [3.05, 3.63) is 23.8 Å². The molecule has 0 aliphatic rings. The van der Waals surface area contributed by atoms with Gasteiger partial charge in [-0.3, -0.25) is 4.79 Å². The van der Waals surface area contributed by atoms with Crippen molar-refractivity contribution >= 4 is 17.6 Å². The zero-order valence-corrected chi connectivity index (χ0v) is 18.6. The Morgan fingerprint density at radius 2 is 1.72 bits per heavy atom. The molecule has 6 nitrogen and oxygen atoms in total. The van der Waals surface area contributed by atoms with Gasteiger partial charge in [-0.05, 0) is 51.3 Å². The molecule has 1 unspecified atom stereocenters. The second kappa shape index (κ2) is 13.2. The quantitative estimate of drug-likeness (QED) is 0.332. The lowest BCUT2D eigenvalue weighted by Crippen LogP contribution is -2.43. The molecule has 0 radical (unpaired) electrons. The van der Waals surface area contributed by atoms with Gasteiger partial charge in [0.05, 0.1) is 13.2 Å². The molecule has 0 fully saturated rings. The molecule has 1 N–H and O–H groups in total. The van der Waals surface area contributed by atoms with Crippen LogP contribution >= 0.6 is 0 Å². The number of amides is 1. The molecule has 0 bridgehead atoms. The van der Waals surface area contributed by atoms with E-state index >= 15 is 0 Å². The normalized spacial score (nSPS) is 12.9. The van der Waals surface area contributed by atoms with Gasteiger partial charge in [-0.1, -0.05) is 40.0 Å². The largest absolute Gasteiger partial charge is 0.493 e. The van der Waals surface area contributed by atoms with Gasteiger partial charge in [0.15, 0.2) is 0 Å². The Kier molecular flexibility index (Phi) is 11.4. The maximum Gasteiger partial charge on any atom is 0.341 e. The molecule has 29 heavy (non-hydrogen) atoms. The number of rotatable bonds is 14. The predicted octanol–water partition coefficient (Wildman–Crippen LogP) is 5.36. The van der Waals surface area contributed by atoms with Crippen LogP contribution in [0.3, 0.4) is 0 Å². The molecule has 0 aliphatic carbocycles. The Morgan fingerprint density at radius 1 is 1.00 bits per heavy atom. The number of nitrogens with one attached hydrogen (secondary N) is 1. The molecule has 0 saturated carbocycles. The van der Waals surface area contributed by atoms with Crippen LogP contribution in [0.4, 0.5) is 5.69 Å². The van der Waals surface area contributed by atoms with Gasteiger partial charge in [0.2, 0.25) is 0 Å². The minimum Gasteiger partial charge on any atom is -0.493 e. The smallest absolute Gasteiger partial charge is 0.341 e. The summed E-state index contributed by atoms with van der Waals surface area (Å²) >= 11 is 0. The second-order valence-electron chi connectivity index (χ2n) is 7.27. The van der Waals surface area contributed by atoms with Crippen molar-refractivity contribution < 1.29 is 23.8 Å². The minimum absolute atomic E-state index is 0.209. The molecule has 0 aliphatic heterocycles. The zero-order valence-electron chi connectivity index (χ0n) is 18.6. The number of carbonyl (C=O) groups is 2. The molecule has 0 aromatic heterocycles. The summed E-state index contributed by atoms with van der Waals surface area (Å²) in [5.41, 5.74) is -0.0869. The first-order chi connectivity index (χ1) is 13.9. The van der Waals surface area contributed by atoms with Crippen LogP contribution in [-0.4, -0.2) is 37.3 Å². The van der Waals surface area contributed by atoms with Gasteiger partial charge in [0, 0.05) is 12.3 Å². The minimum atomic E-state index is -0.910. The number of benzene rings is 1. The van der Waals surface area contributed by atoms with Crippen molar-refractivity contribution in [2.24, 2.45) is 0 Å². The molecule has 0 saturated heterocycles. The van der Waals surface area contributed by atoms with E-state index in [1.165, 1.54) is 0 Å². The number of ether oxygens (including phenoxy) is 3. The van der Waals surface area contributed by atoms with Gasteiger partial charge in [-0.25, -0.2) is 4.79 Å². The van der Waals surface area contributed by atoms with Crippen LogP contribution < -0.4 is 10.1 Å². The predicted molar refractivity (Wildman–Crippen MR) is 116 cm³/mol. The van der Waals surface area contributed by atoms with Crippen LogP contribution in [0.2, 0.25) is 0 Å². The molecule has 1 amide bonds. The third-order valence-electron chi connectivity index (χ3n) is 4.56. The van der Waals surface area contributed by atoms with E-state index in [1.807, 2.05) is 20.8 Å². The van der Waals surface area contributed by atoms with Gasteiger partial charge in [0.25, 0.3) is 5.91 Å². The topological polar surface area (TPSA) is 73.9 Å². The Labute approximate surface area is 175 Å². The van der Waals surface area contributed by atoms with Crippen LogP contribution in [0.5, 0.6) is 5.75 Å². The molecule has 6 heteroatoms. The Hall–Kier alpha value is -2.08. The summed E-state index contributed by atoms with van der Waals surface area (Å²) in [7, 11) is 0. The first-order valence-electron chi connectivity index (χ1n) is 10.8. The van der Waals surface area contributed by atoms with E-state index in [2.05, 4.69) is 12.2 Å². The standard InChI is InChI=1S/C23H37NO5/c1-6-10-11-14-23(5,29-16-8-3)22(26)24-18-12-13-20(28-15-7-2)19(17-18)21(25)27-9-4/h12-13,17H,6-11,14-16H2,1-5H3,(H,24,26). The SMILES string of the molecule is CCCCCC(C)(OCCC)C(=O)Nc1ccc(OCCC)c(C(=O)OCC)c1. The summed E-state index contributed by atoms with van der Waals surface area (Å²) in [5.74, 6) is -0.224. The maximum atomic E-state index is 13.0. The summed E-state index contributed by atoms with van der Waals surface area (Å²) in [4.78, 5) is 25.4. The Bertz CT molecular complexity index is 646. The maximum absolute atomic E-state index is 13.0. The van der Waals surface area contributed by atoms with Gasteiger partial charge in [-0.15, -0.1) is 0 Å². The van der Waals surface area contributed by atoms with Crippen molar-refractivity contribution in [2.75, 3.05) is 25.1 Å². The van der Waals surface area contributed by atoms with Crippen LogP contribution in [-0.2, 0) is 14.3 Å². The zero-order chi connectivity index (χ0) is 21.7. The lowest BCUT2D eigenvalue weighted by atomic mass is 9.96. The number of hydrogen-bond donors (Lipinski definition) is 1. The van der Waals surface area contributed by atoms with Crippen molar-refractivity contribution in [3.63, 3.8) is 0 Å². The Morgan fingerprint density at radius 3 is 2.34 bits per heavy atom. The Balaban J connectivity index is 3.03. The highest BCUT2D eigenvalue weighted by Gasteiger charge is 2.33. The number of anilines is 1. The molecule has 1 rings (SSSR count). The summed E-state index contributed by atoms with van der Waals surface area (Å²) in [6.45, 7) is 11.0. The van der Waals surface area contributed by atoms with Crippen LogP contribution in [0.15, 0.2) is 18.2 Å². The van der Waals surface area contributed by atoms with Gasteiger partial charge >= 0.3 is 5.97 Å². The van der Waals surface area contributed by atoms with Crippen molar-refractivity contribution in [1.29, 1.82) is 0 Å². The molecule has 1 aromatic rings. The fourth-order valence-electron chi connectivity index (χ4n) is 2.87. The highest BCUT2D eigenvalue weighted by atomic mass is 16.5. The van der Waals surface area contributed by atoms with E-state index in [0.717, 1.165) is 32.1 Å². The summed E-state index contributed by atoms with van der Waals surface area (Å²) < 4.78 is 16.7. The highest BCUT2D eigenvalue weighted by molar-refractivity contribution is 5.99. The van der Waals surface area contributed by atoms with Crippen LogP contribution in [0.1, 0.15) is 83.5 Å². The first kappa shape index (κ1) is 25.0. The van der Waals surface area contributed by atoms with E-state index in [4.69, 9.17) is 14.2 Å². The molecule has 1 aromatic carbocycles. The van der Waals surface area contributed by atoms with Crippen molar-refractivity contribution in [2.45, 2.75) is 78.7 Å².